The highest BCUT2D eigenvalue weighted by Crippen LogP contribution is 2.04. The van der Waals surface area contributed by atoms with Crippen LogP contribution in [-0.4, -0.2) is 19.0 Å². The fourth-order valence-electron chi connectivity index (χ4n) is 1.37. The van der Waals surface area contributed by atoms with E-state index < -0.39 is 0 Å². The van der Waals surface area contributed by atoms with Crippen LogP contribution in [-0.2, 0) is 17.8 Å². The van der Waals surface area contributed by atoms with Crippen molar-refractivity contribution in [2.45, 2.75) is 32.9 Å². The Balaban J connectivity index is 2.45. The first-order valence-electron chi connectivity index (χ1n) is 5.70. The third-order valence-corrected chi connectivity index (χ3v) is 2.72. The second kappa shape index (κ2) is 6.28. The molecule has 1 aromatic carbocycles. The average molecular weight is 220 g/mol. The first kappa shape index (κ1) is 12.7. The van der Waals surface area contributed by atoms with Crippen LogP contribution in [0.4, 0.5) is 0 Å². The van der Waals surface area contributed by atoms with Crippen LogP contribution in [0.1, 0.15) is 25.0 Å². The number of hydrogen-bond acceptors (Lipinski definition) is 2. The summed E-state index contributed by atoms with van der Waals surface area (Å²) in [5, 5.41) is 5.79. The lowest BCUT2D eigenvalue weighted by molar-refractivity contribution is -0.122. The Bertz CT molecular complexity index is 332. The second-order valence-electron chi connectivity index (χ2n) is 3.90. The van der Waals surface area contributed by atoms with Gasteiger partial charge in [0.2, 0.25) is 5.91 Å². The highest BCUT2D eigenvalue weighted by atomic mass is 16.2. The molecule has 0 heterocycles. The molecule has 0 fully saturated rings. The number of hydrogen-bond donors (Lipinski definition) is 2. The number of benzene rings is 1. The number of nitrogens with one attached hydrogen (secondary N) is 2. The van der Waals surface area contributed by atoms with Gasteiger partial charge in [-0.3, -0.25) is 4.79 Å². The summed E-state index contributed by atoms with van der Waals surface area (Å²) in [5.41, 5.74) is 2.45. The zero-order valence-electron chi connectivity index (χ0n) is 10.2. The fraction of sp³-hybridized carbons (Fsp3) is 0.462. The van der Waals surface area contributed by atoms with E-state index in [2.05, 4.69) is 41.8 Å². The van der Waals surface area contributed by atoms with E-state index in [4.69, 9.17) is 0 Å². The van der Waals surface area contributed by atoms with Gasteiger partial charge >= 0.3 is 0 Å². The highest BCUT2D eigenvalue weighted by molar-refractivity contribution is 5.81. The van der Waals surface area contributed by atoms with E-state index in [0.29, 0.717) is 6.54 Å². The zero-order valence-corrected chi connectivity index (χ0v) is 10.2. The monoisotopic (exact) mass is 220 g/mol. The van der Waals surface area contributed by atoms with Gasteiger partial charge in [-0.05, 0) is 31.5 Å². The van der Waals surface area contributed by atoms with Gasteiger partial charge in [-0.1, -0.05) is 31.2 Å². The van der Waals surface area contributed by atoms with Crippen LogP contribution in [0.15, 0.2) is 24.3 Å². The molecule has 0 saturated heterocycles. The summed E-state index contributed by atoms with van der Waals surface area (Å²) in [6.07, 6.45) is 1.05. The molecule has 1 rings (SSSR count). The van der Waals surface area contributed by atoms with Crippen molar-refractivity contribution < 1.29 is 4.79 Å². The zero-order chi connectivity index (χ0) is 12.0. The topological polar surface area (TPSA) is 41.1 Å². The molecule has 88 valence electrons. The molecule has 1 aromatic rings. The number of rotatable bonds is 5. The summed E-state index contributed by atoms with van der Waals surface area (Å²) >= 11 is 0. The highest BCUT2D eigenvalue weighted by Gasteiger charge is 2.08. The van der Waals surface area contributed by atoms with E-state index >= 15 is 0 Å². The van der Waals surface area contributed by atoms with Gasteiger partial charge in [-0.15, -0.1) is 0 Å². The maximum Gasteiger partial charge on any atom is 0.237 e. The molecule has 0 radical (unpaired) electrons. The summed E-state index contributed by atoms with van der Waals surface area (Å²) in [6, 6.07) is 8.17. The van der Waals surface area contributed by atoms with Crippen molar-refractivity contribution in [3.8, 4) is 0 Å². The second-order valence-corrected chi connectivity index (χ2v) is 3.90. The fourth-order valence-corrected chi connectivity index (χ4v) is 1.37. The minimum Gasteiger partial charge on any atom is -0.351 e. The van der Waals surface area contributed by atoms with Crippen molar-refractivity contribution in [3.63, 3.8) is 0 Å². The van der Waals surface area contributed by atoms with E-state index in [0.717, 1.165) is 12.0 Å². The van der Waals surface area contributed by atoms with Gasteiger partial charge in [-0.2, -0.15) is 0 Å². The Hall–Kier alpha value is -1.35. The minimum atomic E-state index is -0.144. The largest absolute Gasteiger partial charge is 0.351 e. The summed E-state index contributed by atoms with van der Waals surface area (Å²) in [5.74, 6) is 0.0297. The number of carbonyl (C=O) groups is 1. The Morgan fingerprint density at radius 3 is 2.31 bits per heavy atom. The molecule has 3 heteroatoms. The van der Waals surface area contributed by atoms with E-state index in [-0.39, 0.29) is 11.9 Å². The van der Waals surface area contributed by atoms with Crippen LogP contribution in [0.25, 0.3) is 0 Å². The molecule has 0 aliphatic rings. The average Bonchev–Trinajstić information content (AvgIpc) is 2.35. The molecular weight excluding hydrogens is 200 g/mol. The van der Waals surface area contributed by atoms with Crippen molar-refractivity contribution >= 4 is 5.91 Å². The molecule has 0 aliphatic carbocycles. The SMILES string of the molecule is CCc1ccc(CNC(=O)C(C)NC)cc1. The molecule has 0 spiro atoms. The van der Waals surface area contributed by atoms with Crippen molar-refractivity contribution in [2.75, 3.05) is 7.05 Å². The van der Waals surface area contributed by atoms with Crippen molar-refractivity contribution in [3.05, 3.63) is 35.4 Å². The maximum atomic E-state index is 11.5. The molecule has 0 aromatic heterocycles. The summed E-state index contributed by atoms with van der Waals surface area (Å²) < 4.78 is 0. The summed E-state index contributed by atoms with van der Waals surface area (Å²) in [4.78, 5) is 11.5. The van der Waals surface area contributed by atoms with Gasteiger partial charge in [0.25, 0.3) is 0 Å². The molecule has 0 saturated carbocycles. The van der Waals surface area contributed by atoms with Gasteiger partial charge < -0.3 is 10.6 Å². The summed E-state index contributed by atoms with van der Waals surface area (Å²) in [6.45, 7) is 4.57. The summed E-state index contributed by atoms with van der Waals surface area (Å²) in [7, 11) is 1.78. The van der Waals surface area contributed by atoms with Crippen molar-refractivity contribution in [1.82, 2.24) is 10.6 Å². The maximum absolute atomic E-state index is 11.5. The predicted octanol–water partition coefficient (Wildman–Crippen LogP) is 1.47. The molecule has 2 N–H and O–H groups in total. The van der Waals surface area contributed by atoms with E-state index in [9.17, 15) is 4.79 Å². The quantitative estimate of drug-likeness (QED) is 0.789. The molecule has 1 unspecified atom stereocenters. The van der Waals surface area contributed by atoms with E-state index in [1.54, 1.807) is 7.05 Å². The van der Waals surface area contributed by atoms with Gasteiger partial charge in [0, 0.05) is 6.54 Å². The molecule has 1 amide bonds. The van der Waals surface area contributed by atoms with Crippen LogP contribution in [0.2, 0.25) is 0 Å². The first-order valence-corrected chi connectivity index (χ1v) is 5.70. The van der Waals surface area contributed by atoms with Crippen LogP contribution in [0.3, 0.4) is 0 Å². The Morgan fingerprint density at radius 1 is 1.25 bits per heavy atom. The van der Waals surface area contributed by atoms with Crippen LogP contribution in [0, 0.1) is 0 Å². The minimum absolute atomic E-state index is 0.0297. The predicted molar refractivity (Wildman–Crippen MR) is 66.2 cm³/mol. The smallest absolute Gasteiger partial charge is 0.237 e. The number of amides is 1. The Kier molecular flexibility index (Phi) is 4.99. The lowest BCUT2D eigenvalue weighted by Crippen LogP contribution is -2.39. The van der Waals surface area contributed by atoms with Gasteiger partial charge in [-0.25, -0.2) is 0 Å². The lowest BCUT2D eigenvalue weighted by atomic mass is 10.1. The third kappa shape index (κ3) is 3.66. The van der Waals surface area contributed by atoms with E-state index in [1.165, 1.54) is 5.56 Å². The molecule has 1 atom stereocenters. The van der Waals surface area contributed by atoms with Crippen LogP contribution in [0.5, 0.6) is 0 Å². The number of likely N-dealkylation sites (N-methyl/N-ethyl adjacent to an activating group) is 1. The molecule has 16 heavy (non-hydrogen) atoms. The van der Waals surface area contributed by atoms with Crippen molar-refractivity contribution in [1.29, 1.82) is 0 Å². The van der Waals surface area contributed by atoms with Crippen LogP contribution >= 0.6 is 0 Å². The molecular formula is C13H20N2O. The molecule has 0 aliphatic heterocycles. The van der Waals surface area contributed by atoms with Gasteiger partial charge in [0.1, 0.15) is 0 Å². The van der Waals surface area contributed by atoms with Gasteiger partial charge in [0.05, 0.1) is 6.04 Å². The Labute approximate surface area is 97.2 Å². The number of aryl methyl sites for hydroxylation is 1. The van der Waals surface area contributed by atoms with Crippen molar-refractivity contribution in [2.24, 2.45) is 0 Å². The standard InChI is InChI=1S/C13H20N2O/c1-4-11-5-7-12(8-6-11)9-15-13(16)10(2)14-3/h5-8,10,14H,4,9H2,1-3H3,(H,15,16). The third-order valence-electron chi connectivity index (χ3n) is 2.72. The Morgan fingerprint density at radius 2 is 1.81 bits per heavy atom. The van der Waals surface area contributed by atoms with Crippen LogP contribution < -0.4 is 10.6 Å². The lowest BCUT2D eigenvalue weighted by Gasteiger charge is -2.11. The number of carbonyl (C=O) groups excluding carboxylic acids is 1. The van der Waals surface area contributed by atoms with E-state index in [1.807, 2.05) is 6.92 Å². The molecule has 0 bridgehead atoms. The van der Waals surface area contributed by atoms with Gasteiger partial charge in [0.15, 0.2) is 0 Å². The first-order chi connectivity index (χ1) is 7.67. The normalized spacial score (nSPS) is 12.2. The molecule has 3 nitrogen and oxygen atoms in total.